The number of nitrogens with zero attached hydrogens (tertiary/aromatic N) is 1. The Morgan fingerprint density at radius 1 is 1.14 bits per heavy atom. The van der Waals surface area contributed by atoms with Crippen LogP contribution < -0.4 is 0 Å². The highest BCUT2D eigenvalue weighted by molar-refractivity contribution is 6.27. The molecule has 3 heteroatoms. The van der Waals surface area contributed by atoms with Crippen LogP contribution in [0.1, 0.15) is 34.6 Å². The van der Waals surface area contributed by atoms with Crippen molar-refractivity contribution in [2.24, 2.45) is 0 Å². The van der Waals surface area contributed by atoms with Crippen molar-refractivity contribution in [3.8, 4) is 0 Å². The van der Waals surface area contributed by atoms with Crippen LogP contribution in [0.15, 0.2) is 60.3 Å². The van der Waals surface area contributed by atoms with Crippen LogP contribution in [-0.4, -0.2) is 28.6 Å². The van der Waals surface area contributed by atoms with Gasteiger partial charge in [0.2, 0.25) is 5.78 Å². The van der Waals surface area contributed by atoms with E-state index in [9.17, 15) is 9.59 Å². The Kier molecular flexibility index (Phi) is 2.94. The van der Waals surface area contributed by atoms with Gasteiger partial charge in [0.15, 0.2) is 5.78 Å². The van der Waals surface area contributed by atoms with E-state index in [0.717, 1.165) is 0 Å². The maximum Gasteiger partial charge on any atom is 0.210 e. The van der Waals surface area contributed by atoms with Crippen molar-refractivity contribution >= 4 is 11.6 Å². The Morgan fingerprint density at radius 2 is 1.76 bits per heavy atom. The number of hydrogen-bond donors (Lipinski definition) is 0. The van der Waals surface area contributed by atoms with Crippen molar-refractivity contribution in [1.82, 2.24) is 4.90 Å². The number of benzene rings is 1. The highest BCUT2D eigenvalue weighted by Gasteiger charge is 2.40. The van der Waals surface area contributed by atoms with E-state index < -0.39 is 0 Å². The number of ketones is 2. The molecule has 21 heavy (non-hydrogen) atoms. The van der Waals surface area contributed by atoms with Crippen LogP contribution in [0.25, 0.3) is 0 Å². The van der Waals surface area contributed by atoms with Crippen molar-refractivity contribution < 1.29 is 9.59 Å². The van der Waals surface area contributed by atoms with E-state index in [1.54, 1.807) is 36.4 Å². The summed E-state index contributed by atoms with van der Waals surface area (Å²) >= 11 is 0. The molecule has 1 aliphatic heterocycles. The van der Waals surface area contributed by atoms with E-state index in [0.29, 0.717) is 28.9 Å². The molecule has 1 aromatic carbocycles. The maximum absolute atomic E-state index is 12.8. The topological polar surface area (TPSA) is 37.4 Å². The van der Waals surface area contributed by atoms with Gasteiger partial charge in [0.05, 0.1) is 11.2 Å². The lowest BCUT2D eigenvalue weighted by molar-refractivity contribution is 0.0913. The molecule has 0 aromatic heterocycles. The second kappa shape index (κ2) is 4.55. The first-order valence-electron chi connectivity index (χ1n) is 6.98. The van der Waals surface area contributed by atoms with Gasteiger partial charge in [-0.05, 0) is 13.8 Å². The molecule has 1 heterocycles. The number of Topliss-reactive ketones (excluding diaryl/α,β-unsaturated/α-hetero) is 2. The van der Waals surface area contributed by atoms with Gasteiger partial charge in [-0.2, -0.15) is 0 Å². The average molecular weight is 279 g/mol. The quantitative estimate of drug-likeness (QED) is 0.780. The zero-order valence-corrected chi connectivity index (χ0v) is 12.2. The molecule has 0 spiro atoms. The third-order valence-electron chi connectivity index (χ3n) is 4.07. The maximum atomic E-state index is 12.8. The largest absolute Gasteiger partial charge is 0.355 e. The average Bonchev–Trinajstić information content (AvgIpc) is 2.47. The molecule has 0 N–H and O–H groups in total. The Bertz CT molecular complexity index is 722. The molecule has 2 aliphatic rings. The lowest BCUT2D eigenvalue weighted by Crippen LogP contribution is -2.48. The molecule has 106 valence electrons. The Labute approximate surface area is 124 Å². The van der Waals surface area contributed by atoms with Gasteiger partial charge >= 0.3 is 0 Å². The van der Waals surface area contributed by atoms with E-state index in [4.69, 9.17) is 0 Å². The molecule has 0 bridgehead atoms. The second-order valence-corrected chi connectivity index (χ2v) is 5.85. The molecular weight excluding hydrogens is 262 g/mol. The van der Waals surface area contributed by atoms with Crippen molar-refractivity contribution in [1.29, 1.82) is 0 Å². The fraction of sp³-hybridized carbons (Fsp3) is 0.222. The number of fused-ring (bicyclic) bond motifs is 1. The fourth-order valence-electron chi connectivity index (χ4n) is 2.93. The number of carbonyl (C=O) groups is 2. The molecule has 0 saturated heterocycles. The fourth-order valence-corrected chi connectivity index (χ4v) is 2.93. The molecule has 0 atom stereocenters. The first-order valence-corrected chi connectivity index (χ1v) is 6.98. The van der Waals surface area contributed by atoms with Gasteiger partial charge < -0.3 is 4.90 Å². The minimum absolute atomic E-state index is 0.0824. The van der Waals surface area contributed by atoms with E-state index in [1.165, 1.54) is 0 Å². The van der Waals surface area contributed by atoms with Crippen LogP contribution in [0, 0.1) is 0 Å². The Morgan fingerprint density at radius 3 is 2.38 bits per heavy atom. The first kappa shape index (κ1) is 13.6. The SMILES string of the molecule is C=CCN1C2=C(C=CC1(C)C)C(=O)c1ccccc1C2=O. The molecule has 3 nitrogen and oxygen atoms in total. The highest BCUT2D eigenvalue weighted by atomic mass is 16.1. The van der Waals surface area contributed by atoms with Crippen LogP contribution >= 0.6 is 0 Å². The van der Waals surface area contributed by atoms with Crippen LogP contribution in [0.4, 0.5) is 0 Å². The van der Waals surface area contributed by atoms with Crippen molar-refractivity contribution in [3.05, 3.63) is 71.5 Å². The van der Waals surface area contributed by atoms with Crippen molar-refractivity contribution in [2.45, 2.75) is 19.4 Å². The Hall–Kier alpha value is -2.42. The predicted molar refractivity (Wildman–Crippen MR) is 82.3 cm³/mol. The summed E-state index contributed by atoms with van der Waals surface area (Å²) in [6, 6.07) is 7.01. The van der Waals surface area contributed by atoms with E-state index in [2.05, 4.69) is 6.58 Å². The number of rotatable bonds is 2. The van der Waals surface area contributed by atoms with Gasteiger partial charge in [-0.3, -0.25) is 9.59 Å². The van der Waals surface area contributed by atoms with Crippen LogP contribution in [-0.2, 0) is 0 Å². The highest BCUT2D eigenvalue weighted by Crippen LogP contribution is 2.36. The molecule has 0 unspecified atom stereocenters. The molecule has 3 rings (SSSR count). The summed E-state index contributed by atoms with van der Waals surface area (Å²) < 4.78 is 0. The number of allylic oxidation sites excluding steroid dienone is 3. The van der Waals surface area contributed by atoms with Gasteiger partial charge in [-0.1, -0.05) is 42.5 Å². The zero-order chi connectivity index (χ0) is 15.2. The van der Waals surface area contributed by atoms with Gasteiger partial charge in [0.1, 0.15) is 0 Å². The predicted octanol–water partition coefficient (Wildman–Crippen LogP) is 3.16. The zero-order valence-electron chi connectivity index (χ0n) is 12.2. The summed E-state index contributed by atoms with van der Waals surface area (Å²) in [7, 11) is 0. The summed E-state index contributed by atoms with van der Waals surface area (Å²) in [5, 5.41) is 0. The molecule has 1 aliphatic carbocycles. The number of carbonyl (C=O) groups excluding carboxylic acids is 2. The van der Waals surface area contributed by atoms with Gasteiger partial charge in [0.25, 0.3) is 0 Å². The minimum Gasteiger partial charge on any atom is -0.355 e. The van der Waals surface area contributed by atoms with Crippen LogP contribution in [0.2, 0.25) is 0 Å². The normalized spacial score (nSPS) is 19.4. The summed E-state index contributed by atoms with van der Waals surface area (Å²) in [5.74, 6) is -0.166. The van der Waals surface area contributed by atoms with E-state index in [-0.39, 0.29) is 17.1 Å². The van der Waals surface area contributed by atoms with Crippen LogP contribution in [0.5, 0.6) is 0 Å². The molecule has 0 amide bonds. The third kappa shape index (κ3) is 1.88. The summed E-state index contributed by atoms with van der Waals surface area (Å²) in [5.41, 5.74) is 1.63. The van der Waals surface area contributed by atoms with Crippen molar-refractivity contribution in [2.75, 3.05) is 6.54 Å². The standard InChI is InChI=1S/C18H17NO2/c1-4-11-19-15-14(9-10-18(19,2)3)16(20)12-7-5-6-8-13(12)17(15)21/h4-10H,1,11H2,2-3H3. The lowest BCUT2D eigenvalue weighted by atomic mass is 9.81. The summed E-state index contributed by atoms with van der Waals surface area (Å²) in [4.78, 5) is 27.4. The summed E-state index contributed by atoms with van der Waals surface area (Å²) in [6.07, 6.45) is 5.50. The van der Waals surface area contributed by atoms with Gasteiger partial charge in [-0.15, -0.1) is 6.58 Å². The number of hydrogen-bond acceptors (Lipinski definition) is 3. The Balaban J connectivity index is 2.22. The molecule has 0 radical (unpaired) electrons. The molecule has 0 fully saturated rings. The first-order chi connectivity index (χ1) is 9.97. The monoisotopic (exact) mass is 279 g/mol. The van der Waals surface area contributed by atoms with E-state index in [1.807, 2.05) is 24.8 Å². The summed E-state index contributed by atoms with van der Waals surface area (Å²) in [6.45, 7) is 8.33. The second-order valence-electron chi connectivity index (χ2n) is 5.85. The molecule has 0 saturated carbocycles. The van der Waals surface area contributed by atoms with Crippen molar-refractivity contribution in [3.63, 3.8) is 0 Å². The van der Waals surface area contributed by atoms with E-state index >= 15 is 0 Å². The van der Waals surface area contributed by atoms with Gasteiger partial charge in [0, 0.05) is 23.2 Å². The molecular formula is C18H17NO2. The smallest absolute Gasteiger partial charge is 0.210 e. The molecule has 1 aromatic rings. The van der Waals surface area contributed by atoms with Gasteiger partial charge in [-0.25, -0.2) is 0 Å². The minimum atomic E-state index is -0.324. The third-order valence-corrected chi connectivity index (χ3v) is 4.07. The van der Waals surface area contributed by atoms with Crippen LogP contribution in [0.3, 0.4) is 0 Å². The lowest BCUT2D eigenvalue weighted by Gasteiger charge is -2.43.